The van der Waals surface area contributed by atoms with E-state index in [4.69, 9.17) is 18.6 Å². The third kappa shape index (κ3) is 3.34. The van der Waals surface area contributed by atoms with Crippen LogP contribution in [0.2, 0.25) is 0 Å². The molecule has 1 aliphatic rings. The summed E-state index contributed by atoms with van der Waals surface area (Å²) < 4.78 is 21.5. The van der Waals surface area contributed by atoms with Crippen LogP contribution in [-0.2, 0) is 4.74 Å². The number of aliphatic hydroxyl groups excluding tert-OH is 4. The number of hydrogen-bond acceptors (Lipinski definition) is 12. The standard InChI is InChI=1S/C20H20O12/c1-29-11-4-10-13(14(24)6-2-7(22)8(23)3-9(6)30-10)16(26)19(11)32-20-18(28)17(27)15(25)12(5-21)31-20/h2-4,12,15,17-18,20-23,25-28H,5H2,1H3. The molecule has 5 unspecified atom stereocenters. The van der Waals surface area contributed by atoms with E-state index < -0.39 is 65.7 Å². The summed E-state index contributed by atoms with van der Waals surface area (Å²) in [6.45, 7) is -0.697. The van der Waals surface area contributed by atoms with Crippen LogP contribution in [0.5, 0.6) is 28.7 Å². The van der Waals surface area contributed by atoms with Crippen molar-refractivity contribution in [2.45, 2.75) is 30.7 Å². The van der Waals surface area contributed by atoms with E-state index in [0.717, 1.165) is 12.1 Å². The summed E-state index contributed by atoms with van der Waals surface area (Å²) >= 11 is 0. The molecule has 0 amide bonds. The van der Waals surface area contributed by atoms with Gasteiger partial charge in [0.1, 0.15) is 41.0 Å². The molecule has 12 nitrogen and oxygen atoms in total. The summed E-state index contributed by atoms with van der Waals surface area (Å²) in [7, 11) is 1.23. The lowest BCUT2D eigenvalue weighted by Crippen LogP contribution is -2.60. The monoisotopic (exact) mass is 452 g/mol. The first-order valence-electron chi connectivity index (χ1n) is 9.37. The van der Waals surface area contributed by atoms with Gasteiger partial charge < -0.3 is 54.4 Å². The van der Waals surface area contributed by atoms with Gasteiger partial charge in [0.2, 0.25) is 17.5 Å². The van der Waals surface area contributed by atoms with E-state index in [2.05, 4.69) is 0 Å². The van der Waals surface area contributed by atoms with Crippen molar-refractivity contribution >= 4 is 21.9 Å². The number of aromatic hydroxyl groups is 3. The van der Waals surface area contributed by atoms with Crippen LogP contribution in [0, 0.1) is 0 Å². The molecular weight excluding hydrogens is 432 g/mol. The number of methoxy groups -OCH3 is 1. The number of benzene rings is 2. The number of rotatable bonds is 4. The van der Waals surface area contributed by atoms with Crippen LogP contribution >= 0.6 is 0 Å². The van der Waals surface area contributed by atoms with Gasteiger partial charge in [0.15, 0.2) is 23.0 Å². The predicted octanol–water partition coefficient (Wildman–Crippen LogP) is -0.750. The van der Waals surface area contributed by atoms with Gasteiger partial charge in [-0.25, -0.2) is 0 Å². The molecule has 2 aromatic carbocycles. The zero-order valence-corrected chi connectivity index (χ0v) is 16.5. The van der Waals surface area contributed by atoms with Gasteiger partial charge in [0, 0.05) is 12.1 Å². The Morgan fingerprint density at radius 2 is 1.66 bits per heavy atom. The Morgan fingerprint density at radius 3 is 2.31 bits per heavy atom. The van der Waals surface area contributed by atoms with Crippen molar-refractivity contribution in [1.29, 1.82) is 0 Å². The van der Waals surface area contributed by atoms with Crippen molar-refractivity contribution in [2.24, 2.45) is 0 Å². The van der Waals surface area contributed by atoms with Crippen molar-refractivity contribution < 1.29 is 54.4 Å². The van der Waals surface area contributed by atoms with Crippen LogP contribution in [0.4, 0.5) is 0 Å². The topological polar surface area (TPSA) is 200 Å². The summed E-state index contributed by atoms with van der Waals surface area (Å²) in [6.07, 6.45) is -8.05. The molecule has 7 N–H and O–H groups in total. The third-order valence-electron chi connectivity index (χ3n) is 5.25. The molecule has 172 valence electrons. The van der Waals surface area contributed by atoms with Gasteiger partial charge >= 0.3 is 0 Å². The molecule has 2 heterocycles. The van der Waals surface area contributed by atoms with Crippen LogP contribution in [0.3, 0.4) is 0 Å². The molecule has 1 aliphatic heterocycles. The maximum absolute atomic E-state index is 13.0. The molecule has 0 spiro atoms. The first-order chi connectivity index (χ1) is 15.2. The molecule has 4 rings (SSSR count). The van der Waals surface area contributed by atoms with Gasteiger partial charge in [-0.3, -0.25) is 4.79 Å². The lowest BCUT2D eigenvalue weighted by Gasteiger charge is -2.39. The summed E-state index contributed by atoms with van der Waals surface area (Å²) in [5.41, 5.74) is -0.972. The number of fused-ring (bicyclic) bond motifs is 2. The molecule has 0 radical (unpaired) electrons. The van der Waals surface area contributed by atoms with Gasteiger partial charge in [0.05, 0.1) is 19.1 Å². The third-order valence-corrected chi connectivity index (χ3v) is 5.25. The molecule has 32 heavy (non-hydrogen) atoms. The van der Waals surface area contributed by atoms with Gasteiger partial charge in [-0.1, -0.05) is 0 Å². The Kier molecular flexibility index (Phi) is 5.48. The molecule has 5 atom stereocenters. The smallest absolute Gasteiger partial charge is 0.229 e. The number of aliphatic hydroxyl groups is 4. The summed E-state index contributed by atoms with van der Waals surface area (Å²) in [5, 5.41) is 69.1. The summed E-state index contributed by atoms with van der Waals surface area (Å²) in [5.74, 6) is -2.43. The molecule has 12 heteroatoms. The lowest BCUT2D eigenvalue weighted by atomic mass is 9.99. The van der Waals surface area contributed by atoms with Crippen molar-refractivity contribution in [3.05, 3.63) is 28.4 Å². The zero-order valence-electron chi connectivity index (χ0n) is 16.5. The fourth-order valence-electron chi connectivity index (χ4n) is 3.52. The maximum atomic E-state index is 13.0. The van der Waals surface area contributed by atoms with Crippen molar-refractivity contribution in [3.8, 4) is 28.7 Å². The Bertz CT molecular complexity index is 1230. The average molecular weight is 452 g/mol. The van der Waals surface area contributed by atoms with E-state index >= 15 is 0 Å². The van der Waals surface area contributed by atoms with Crippen LogP contribution < -0.4 is 14.9 Å². The summed E-state index contributed by atoms with van der Waals surface area (Å²) in [6, 6.07) is 3.21. The zero-order chi connectivity index (χ0) is 23.3. The van der Waals surface area contributed by atoms with E-state index in [1.54, 1.807) is 0 Å². The first-order valence-corrected chi connectivity index (χ1v) is 9.37. The van der Waals surface area contributed by atoms with E-state index in [9.17, 15) is 40.5 Å². The SMILES string of the molecule is COc1cc2oc3cc(O)c(O)cc3c(=O)c2c(O)c1OC1OC(CO)C(O)C(O)C1O. The van der Waals surface area contributed by atoms with Crippen LogP contribution in [0.15, 0.2) is 27.4 Å². The number of hydrogen-bond donors (Lipinski definition) is 7. The highest BCUT2D eigenvalue weighted by atomic mass is 16.7. The van der Waals surface area contributed by atoms with E-state index in [0.29, 0.717) is 0 Å². The van der Waals surface area contributed by atoms with Crippen LogP contribution in [0.25, 0.3) is 21.9 Å². The fraction of sp³-hybridized carbons (Fsp3) is 0.350. The second-order valence-corrected chi connectivity index (χ2v) is 7.21. The minimum atomic E-state index is -1.78. The van der Waals surface area contributed by atoms with Crippen molar-refractivity contribution in [1.82, 2.24) is 0 Å². The lowest BCUT2D eigenvalue weighted by molar-refractivity contribution is -0.277. The Hall–Kier alpha value is -3.29. The predicted molar refractivity (Wildman–Crippen MR) is 106 cm³/mol. The number of ether oxygens (including phenoxy) is 3. The molecule has 1 aromatic heterocycles. The Labute approximate surface area is 178 Å². The Morgan fingerprint density at radius 1 is 0.969 bits per heavy atom. The summed E-state index contributed by atoms with van der Waals surface area (Å²) in [4.78, 5) is 13.0. The van der Waals surface area contributed by atoms with Crippen LogP contribution in [0.1, 0.15) is 0 Å². The van der Waals surface area contributed by atoms with Gasteiger partial charge in [-0.05, 0) is 6.07 Å². The molecule has 0 bridgehead atoms. The van der Waals surface area contributed by atoms with E-state index in [1.165, 1.54) is 13.2 Å². The minimum Gasteiger partial charge on any atom is -0.504 e. The van der Waals surface area contributed by atoms with Gasteiger partial charge in [-0.2, -0.15) is 0 Å². The molecule has 3 aromatic rings. The second-order valence-electron chi connectivity index (χ2n) is 7.21. The first kappa shape index (κ1) is 21.9. The molecule has 0 saturated carbocycles. The molecule has 1 fully saturated rings. The van der Waals surface area contributed by atoms with E-state index in [-0.39, 0.29) is 27.7 Å². The van der Waals surface area contributed by atoms with Crippen molar-refractivity contribution in [3.63, 3.8) is 0 Å². The molecule has 1 saturated heterocycles. The number of phenolic OH excluding ortho intramolecular Hbond substituents is 3. The highest BCUT2D eigenvalue weighted by Gasteiger charge is 2.45. The minimum absolute atomic E-state index is 0.0677. The average Bonchev–Trinajstić information content (AvgIpc) is 2.76. The van der Waals surface area contributed by atoms with Gasteiger partial charge in [-0.15, -0.1) is 0 Å². The number of phenols is 3. The molecular formula is C20H20O12. The second kappa shape index (κ2) is 8.00. The highest BCUT2D eigenvalue weighted by Crippen LogP contribution is 2.44. The normalized spacial score (nSPS) is 25.8. The highest BCUT2D eigenvalue weighted by molar-refractivity contribution is 5.96. The Balaban J connectivity index is 1.87. The molecule has 0 aliphatic carbocycles. The maximum Gasteiger partial charge on any atom is 0.229 e. The largest absolute Gasteiger partial charge is 0.504 e. The van der Waals surface area contributed by atoms with Crippen LogP contribution in [-0.4, -0.2) is 80.2 Å². The fourth-order valence-corrected chi connectivity index (χ4v) is 3.52. The van der Waals surface area contributed by atoms with Crippen molar-refractivity contribution in [2.75, 3.05) is 13.7 Å². The quantitative estimate of drug-likeness (QED) is 0.193. The van der Waals surface area contributed by atoms with E-state index in [1.807, 2.05) is 0 Å². The van der Waals surface area contributed by atoms with Gasteiger partial charge in [0.25, 0.3) is 0 Å².